The predicted molar refractivity (Wildman–Crippen MR) is 84.8 cm³/mol. The minimum atomic E-state index is -0.576. The van der Waals surface area contributed by atoms with Crippen molar-refractivity contribution in [3.8, 4) is 5.75 Å². The molecule has 1 aliphatic heterocycles. The van der Waals surface area contributed by atoms with E-state index in [0.29, 0.717) is 0 Å². The largest absolute Gasteiger partial charge is 0.470 e. The van der Waals surface area contributed by atoms with E-state index in [2.05, 4.69) is 12.1 Å². The van der Waals surface area contributed by atoms with Gasteiger partial charge >= 0.3 is 0 Å². The molecule has 1 fully saturated rings. The van der Waals surface area contributed by atoms with E-state index < -0.39 is 5.72 Å². The third kappa shape index (κ3) is 2.13. The second kappa shape index (κ2) is 5.41. The van der Waals surface area contributed by atoms with Crippen LogP contribution in [0.3, 0.4) is 0 Å². The van der Waals surface area contributed by atoms with Gasteiger partial charge in [-0.05, 0) is 24.5 Å². The molecule has 0 saturated heterocycles. The maximum atomic E-state index is 11.1. The van der Waals surface area contributed by atoms with Crippen molar-refractivity contribution < 1.29 is 9.94 Å². The van der Waals surface area contributed by atoms with Crippen LogP contribution in [-0.4, -0.2) is 16.0 Å². The van der Waals surface area contributed by atoms with Crippen LogP contribution in [0.4, 0.5) is 0 Å². The SMILES string of the molecule is ON1C(c2ccccc2)c2ccccc2OC12CCCCC2. The van der Waals surface area contributed by atoms with Crippen LogP contribution in [0.5, 0.6) is 5.75 Å². The molecule has 1 atom stereocenters. The predicted octanol–water partition coefficient (Wildman–Crippen LogP) is 4.52. The summed E-state index contributed by atoms with van der Waals surface area (Å²) in [6, 6.07) is 18.1. The summed E-state index contributed by atoms with van der Waals surface area (Å²) in [5.74, 6) is 0.906. The molecule has 4 rings (SSSR count). The Hall–Kier alpha value is -1.84. The number of fused-ring (bicyclic) bond motifs is 1. The number of ether oxygens (including phenoxy) is 1. The summed E-state index contributed by atoms with van der Waals surface area (Å²) in [6.07, 6.45) is 5.17. The standard InChI is InChI=1S/C19H21NO2/c21-20-18(15-9-3-1-4-10-15)16-11-5-6-12-17(16)22-19(20)13-7-2-8-14-19/h1,3-6,9-12,18,21H,2,7-8,13-14H2. The minimum Gasteiger partial charge on any atom is -0.470 e. The molecule has 22 heavy (non-hydrogen) atoms. The highest BCUT2D eigenvalue weighted by atomic mass is 16.6. The number of hydrogen-bond donors (Lipinski definition) is 1. The molecule has 0 radical (unpaired) electrons. The third-order valence-electron chi connectivity index (χ3n) is 4.93. The Bertz CT molecular complexity index is 649. The van der Waals surface area contributed by atoms with E-state index in [4.69, 9.17) is 4.74 Å². The maximum absolute atomic E-state index is 11.1. The smallest absolute Gasteiger partial charge is 0.185 e. The molecule has 1 spiro atoms. The van der Waals surface area contributed by atoms with Crippen LogP contribution in [0.15, 0.2) is 54.6 Å². The Morgan fingerprint density at radius 1 is 0.909 bits per heavy atom. The van der Waals surface area contributed by atoms with Crippen LogP contribution in [0.25, 0.3) is 0 Å². The molecule has 0 aromatic heterocycles. The van der Waals surface area contributed by atoms with Crippen molar-refractivity contribution >= 4 is 0 Å². The van der Waals surface area contributed by atoms with E-state index in [0.717, 1.165) is 42.6 Å². The van der Waals surface area contributed by atoms with Crippen molar-refractivity contribution in [2.75, 3.05) is 0 Å². The first kappa shape index (κ1) is 13.8. The Kier molecular flexibility index (Phi) is 3.40. The van der Waals surface area contributed by atoms with Crippen LogP contribution in [0.1, 0.15) is 49.3 Å². The lowest BCUT2D eigenvalue weighted by Gasteiger charge is -2.49. The lowest BCUT2D eigenvalue weighted by Crippen LogP contribution is -2.56. The van der Waals surface area contributed by atoms with Crippen molar-refractivity contribution in [1.82, 2.24) is 5.06 Å². The lowest BCUT2D eigenvalue weighted by molar-refractivity contribution is -0.287. The molecular weight excluding hydrogens is 274 g/mol. The normalized spacial score (nSPS) is 23.8. The van der Waals surface area contributed by atoms with Crippen molar-refractivity contribution in [2.45, 2.75) is 43.9 Å². The van der Waals surface area contributed by atoms with E-state index in [1.807, 2.05) is 42.5 Å². The molecule has 2 aliphatic rings. The van der Waals surface area contributed by atoms with E-state index in [1.165, 1.54) is 11.5 Å². The van der Waals surface area contributed by atoms with Gasteiger partial charge < -0.3 is 9.94 Å². The number of nitrogens with zero attached hydrogens (tertiary/aromatic N) is 1. The monoisotopic (exact) mass is 295 g/mol. The Balaban J connectivity index is 1.84. The fourth-order valence-corrected chi connectivity index (χ4v) is 3.81. The van der Waals surface area contributed by atoms with Crippen molar-refractivity contribution in [3.05, 3.63) is 65.7 Å². The molecule has 2 aromatic carbocycles. The van der Waals surface area contributed by atoms with Gasteiger partial charge in [0, 0.05) is 18.4 Å². The highest BCUT2D eigenvalue weighted by Gasteiger charge is 2.48. The summed E-state index contributed by atoms with van der Waals surface area (Å²) in [4.78, 5) is 0. The summed E-state index contributed by atoms with van der Waals surface area (Å²) < 4.78 is 6.30. The highest BCUT2D eigenvalue weighted by Crippen LogP contribution is 2.48. The summed E-state index contributed by atoms with van der Waals surface area (Å²) in [7, 11) is 0. The summed E-state index contributed by atoms with van der Waals surface area (Å²) in [6.45, 7) is 0. The summed E-state index contributed by atoms with van der Waals surface area (Å²) >= 11 is 0. The lowest BCUT2D eigenvalue weighted by atomic mass is 9.86. The molecular formula is C19H21NO2. The number of hydroxylamine groups is 2. The van der Waals surface area contributed by atoms with Gasteiger partial charge in [-0.3, -0.25) is 0 Å². The molecule has 1 saturated carbocycles. The first-order valence-corrected chi connectivity index (χ1v) is 8.11. The average molecular weight is 295 g/mol. The molecule has 2 aromatic rings. The van der Waals surface area contributed by atoms with Crippen LogP contribution in [0.2, 0.25) is 0 Å². The minimum absolute atomic E-state index is 0.163. The van der Waals surface area contributed by atoms with E-state index >= 15 is 0 Å². The van der Waals surface area contributed by atoms with Gasteiger partial charge in [-0.2, -0.15) is 0 Å². The average Bonchev–Trinajstić information content (AvgIpc) is 2.58. The summed E-state index contributed by atoms with van der Waals surface area (Å²) in [5.41, 5.74) is 1.56. The number of hydrogen-bond acceptors (Lipinski definition) is 3. The van der Waals surface area contributed by atoms with Gasteiger partial charge in [-0.15, -0.1) is 5.06 Å². The highest BCUT2D eigenvalue weighted by molar-refractivity contribution is 5.43. The second-order valence-electron chi connectivity index (χ2n) is 6.30. The zero-order valence-electron chi connectivity index (χ0n) is 12.6. The van der Waals surface area contributed by atoms with E-state index in [-0.39, 0.29) is 6.04 Å². The van der Waals surface area contributed by atoms with Gasteiger partial charge in [-0.1, -0.05) is 55.0 Å². The fraction of sp³-hybridized carbons (Fsp3) is 0.368. The van der Waals surface area contributed by atoms with Crippen molar-refractivity contribution in [3.63, 3.8) is 0 Å². The van der Waals surface area contributed by atoms with Gasteiger partial charge in [-0.25, -0.2) is 0 Å². The molecule has 3 nitrogen and oxygen atoms in total. The summed E-state index contributed by atoms with van der Waals surface area (Å²) in [5, 5.41) is 12.5. The number of para-hydroxylation sites is 1. The van der Waals surface area contributed by atoms with E-state index in [9.17, 15) is 5.21 Å². The zero-order chi connectivity index (χ0) is 15.0. The maximum Gasteiger partial charge on any atom is 0.185 e. The Morgan fingerprint density at radius 3 is 2.36 bits per heavy atom. The van der Waals surface area contributed by atoms with Crippen LogP contribution >= 0.6 is 0 Å². The molecule has 1 aliphatic carbocycles. The molecule has 1 unspecified atom stereocenters. The van der Waals surface area contributed by atoms with Crippen LogP contribution in [-0.2, 0) is 0 Å². The van der Waals surface area contributed by atoms with Crippen LogP contribution < -0.4 is 4.74 Å². The molecule has 0 bridgehead atoms. The van der Waals surface area contributed by atoms with Crippen LogP contribution in [0, 0.1) is 0 Å². The molecule has 3 heteroatoms. The Morgan fingerprint density at radius 2 is 1.59 bits per heavy atom. The molecule has 1 N–H and O–H groups in total. The van der Waals surface area contributed by atoms with Gasteiger partial charge in [0.25, 0.3) is 0 Å². The first-order chi connectivity index (χ1) is 10.8. The second-order valence-corrected chi connectivity index (χ2v) is 6.30. The van der Waals surface area contributed by atoms with Gasteiger partial charge in [0.15, 0.2) is 5.72 Å². The number of benzene rings is 2. The van der Waals surface area contributed by atoms with Crippen molar-refractivity contribution in [1.29, 1.82) is 0 Å². The Labute approximate surface area is 131 Å². The van der Waals surface area contributed by atoms with Gasteiger partial charge in [0.1, 0.15) is 5.75 Å². The zero-order valence-corrected chi connectivity index (χ0v) is 12.6. The van der Waals surface area contributed by atoms with Gasteiger partial charge in [0.2, 0.25) is 0 Å². The fourth-order valence-electron chi connectivity index (χ4n) is 3.81. The number of rotatable bonds is 1. The van der Waals surface area contributed by atoms with Gasteiger partial charge in [0.05, 0.1) is 6.04 Å². The molecule has 114 valence electrons. The quantitative estimate of drug-likeness (QED) is 0.839. The van der Waals surface area contributed by atoms with E-state index in [1.54, 1.807) is 0 Å². The molecule has 1 heterocycles. The molecule has 0 amide bonds. The third-order valence-corrected chi connectivity index (χ3v) is 4.93. The van der Waals surface area contributed by atoms with Crippen molar-refractivity contribution in [2.24, 2.45) is 0 Å². The topological polar surface area (TPSA) is 32.7 Å². The first-order valence-electron chi connectivity index (χ1n) is 8.11.